The van der Waals surface area contributed by atoms with Gasteiger partial charge in [0.05, 0.1) is 13.0 Å². The summed E-state index contributed by atoms with van der Waals surface area (Å²) < 4.78 is 5.48. The lowest BCUT2D eigenvalue weighted by Gasteiger charge is -2.32. The van der Waals surface area contributed by atoms with Crippen LogP contribution in [-0.4, -0.2) is 42.5 Å². The molecule has 6 nitrogen and oxygen atoms in total. The minimum Gasteiger partial charge on any atom is -0.493 e. The van der Waals surface area contributed by atoms with Crippen molar-refractivity contribution < 1.29 is 14.3 Å². The molecule has 0 radical (unpaired) electrons. The van der Waals surface area contributed by atoms with Crippen LogP contribution in [0.5, 0.6) is 5.75 Å². The Morgan fingerprint density at radius 1 is 1.45 bits per heavy atom. The molecule has 1 aliphatic heterocycles. The molecule has 1 fully saturated rings. The van der Waals surface area contributed by atoms with Gasteiger partial charge in [0.1, 0.15) is 11.8 Å². The second kappa shape index (κ2) is 6.27. The number of benzene rings is 1. The van der Waals surface area contributed by atoms with Crippen molar-refractivity contribution in [2.45, 2.75) is 19.4 Å². The summed E-state index contributed by atoms with van der Waals surface area (Å²) in [4.78, 5) is 25.1. The summed E-state index contributed by atoms with van der Waals surface area (Å²) in [6.45, 7) is 3.07. The average molecular weight is 277 g/mol. The largest absolute Gasteiger partial charge is 0.493 e. The Bertz CT molecular complexity index is 487. The van der Waals surface area contributed by atoms with Crippen molar-refractivity contribution in [3.8, 4) is 5.75 Å². The molecule has 0 aliphatic carbocycles. The van der Waals surface area contributed by atoms with Crippen LogP contribution in [0.15, 0.2) is 24.3 Å². The fourth-order valence-electron chi connectivity index (χ4n) is 2.09. The van der Waals surface area contributed by atoms with Crippen molar-refractivity contribution in [3.63, 3.8) is 0 Å². The molecule has 0 saturated carbocycles. The maximum absolute atomic E-state index is 12.0. The molecule has 0 bridgehead atoms. The highest BCUT2D eigenvalue weighted by Gasteiger charge is 2.28. The highest BCUT2D eigenvalue weighted by Crippen LogP contribution is 2.13. The number of nitrogens with zero attached hydrogens (tertiary/aromatic N) is 1. The standard InChI is InChI=1S/C14H19N3O3/c1-10-14(19)16-7-8-17(10)13(18)6-9-20-12-4-2-11(15)3-5-12/h2-5,10H,6-9,15H2,1H3,(H,16,19). The van der Waals surface area contributed by atoms with Crippen molar-refractivity contribution in [3.05, 3.63) is 24.3 Å². The van der Waals surface area contributed by atoms with E-state index in [1.165, 1.54) is 0 Å². The number of piperazine rings is 1. The zero-order chi connectivity index (χ0) is 14.5. The molecule has 3 N–H and O–H groups in total. The van der Waals surface area contributed by atoms with Crippen molar-refractivity contribution in [2.24, 2.45) is 0 Å². The normalized spacial score (nSPS) is 18.6. The topological polar surface area (TPSA) is 84.7 Å². The fourth-order valence-corrected chi connectivity index (χ4v) is 2.09. The lowest BCUT2D eigenvalue weighted by atomic mass is 10.2. The first kappa shape index (κ1) is 14.2. The van der Waals surface area contributed by atoms with Gasteiger partial charge in [0.15, 0.2) is 0 Å². The number of ether oxygens (including phenoxy) is 1. The molecule has 0 aromatic heterocycles. The van der Waals surface area contributed by atoms with E-state index < -0.39 is 6.04 Å². The van der Waals surface area contributed by atoms with Crippen molar-refractivity contribution in [1.82, 2.24) is 10.2 Å². The van der Waals surface area contributed by atoms with Gasteiger partial charge in [-0.05, 0) is 31.2 Å². The minimum absolute atomic E-state index is 0.0669. The van der Waals surface area contributed by atoms with Crippen LogP contribution in [0.1, 0.15) is 13.3 Å². The van der Waals surface area contributed by atoms with E-state index in [0.717, 1.165) is 0 Å². The van der Waals surface area contributed by atoms with Gasteiger partial charge in [0.2, 0.25) is 11.8 Å². The first-order chi connectivity index (χ1) is 9.58. The molecule has 1 aromatic carbocycles. The zero-order valence-corrected chi connectivity index (χ0v) is 11.5. The Labute approximate surface area is 117 Å². The van der Waals surface area contributed by atoms with Gasteiger partial charge in [-0.15, -0.1) is 0 Å². The zero-order valence-electron chi connectivity index (χ0n) is 11.5. The Kier molecular flexibility index (Phi) is 4.45. The number of nitrogen functional groups attached to an aromatic ring is 1. The molecule has 1 atom stereocenters. The molecular weight excluding hydrogens is 258 g/mol. The second-order valence-electron chi connectivity index (χ2n) is 4.72. The molecule has 1 aromatic rings. The highest BCUT2D eigenvalue weighted by molar-refractivity contribution is 5.88. The maximum atomic E-state index is 12.0. The van der Waals surface area contributed by atoms with Crippen molar-refractivity contribution >= 4 is 17.5 Å². The second-order valence-corrected chi connectivity index (χ2v) is 4.72. The summed E-state index contributed by atoms with van der Waals surface area (Å²) in [5.41, 5.74) is 6.24. The van der Waals surface area contributed by atoms with E-state index in [1.807, 2.05) is 0 Å². The number of nitrogens with two attached hydrogens (primary N) is 1. The van der Waals surface area contributed by atoms with Crippen LogP contribution in [-0.2, 0) is 9.59 Å². The number of nitrogens with one attached hydrogen (secondary N) is 1. The van der Waals surface area contributed by atoms with E-state index in [-0.39, 0.29) is 24.8 Å². The summed E-state index contributed by atoms with van der Waals surface area (Å²) in [6, 6.07) is 6.60. The van der Waals surface area contributed by atoms with Crippen molar-refractivity contribution in [2.75, 3.05) is 25.4 Å². The van der Waals surface area contributed by atoms with Crippen LogP contribution in [0.25, 0.3) is 0 Å². The number of anilines is 1. The molecule has 2 amide bonds. The summed E-state index contributed by atoms with van der Waals surface area (Å²) in [6.07, 6.45) is 0.252. The fraction of sp³-hybridized carbons (Fsp3) is 0.429. The molecule has 1 saturated heterocycles. The van der Waals surface area contributed by atoms with Gasteiger partial charge in [0.25, 0.3) is 0 Å². The van der Waals surface area contributed by atoms with E-state index in [0.29, 0.717) is 24.5 Å². The van der Waals surface area contributed by atoms with Gasteiger partial charge in [0, 0.05) is 18.8 Å². The SMILES string of the molecule is CC1C(=O)NCCN1C(=O)CCOc1ccc(N)cc1. The van der Waals surface area contributed by atoms with Crippen LogP contribution < -0.4 is 15.8 Å². The van der Waals surface area contributed by atoms with Gasteiger partial charge in [-0.1, -0.05) is 0 Å². The summed E-state index contributed by atoms with van der Waals surface area (Å²) >= 11 is 0. The van der Waals surface area contributed by atoms with E-state index in [2.05, 4.69) is 5.32 Å². The minimum atomic E-state index is -0.409. The Balaban J connectivity index is 1.80. The van der Waals surface area contributed by atoms with E-state index >= 15 is 0 Å². The number of rotatable bonds is 4. The lowest BCUT2D eigenvalue weighted by Crippen LogP contribution is -2.56. The summed E-state index contributed by atoms with van der Waals surface area (Å²) in [7, 11) is 0. The third-order valence-electron chi connectivity index (χ3n) is 3.28. The maximum Gasteiger partial charge on any atom is 0.242 e. The van der Waals surface area contributed by atoms with Gasteiger partial charge in [-0.3, -0.25) is 9.59 Å². The molecule has 20 heavy (non-hydrogen) atoms. The van der Waals surface area contributed by atoms with Gasteiger partial charge in [-0.25, -0.2) is 0 Å². The molecule has 2 rings (SSSR count). The highest BCUT2D eigenvalue weighted by atomic mass is 16.5. The molecule has 0 spiro atoms. The van der Waals surface area contributed by atoms with Crippen LogP contribution in [0.4, 0.5) is 5.69 Å². The predicted molar refractivity (Wildman–Crippen MR) is 75.2 cm³/mol. The first-order valence-electron chi connectivity index (χ1n) is 6.63. The van der Waals surface area contributed by atoms with E-state index in [4.69, 9.17) is 10.5 Å². The quantitative estimate of drug-likeness (QED) is 0.779. The molecule has 1 unspecified atom stereocenters. The number of amides is 2. The van der Waals surface area contributed by atoms with Crippen LogP contribution in [0.3, 0.4) is 0 Å². The number of hydrogen-bond donors (Lipinski definition) is 2. The monoisotopic (exact) mass is 277 g/mol. The van der Waals surface area contributed by atoms with Crippen molar-refractivity contribution in [1.29, 1.82) is 0 Å². The lowest BCUT2D eigenvalue weighted by molar-refractivity contribution is -0.142. The average Bonchev–Trinajstić information content (AvgIpc) is 2.44. The summed E-state index contributed by atoms with van der Waals surface area (Å²) in [5.74, 6) is 0.503. The Morgan fingerprint density at radius 2 is 2.15 bits per heavy atom. The predicted octanol–water partition coefficient (Wildman–Crippen LogP) is 0.385. The van der Waals surface area contributed by atoms with Gasteiger partial charge >= 0.3 is 0 Å². The van der Waals surface area contributed by atoms with Gasteiger partial charge < -0.3 is 20.7 Å². The Morgan fingerprint density at radius 3 is 2.85 bits per heavy atom. The molecule has 6 heteroatoms. The van der Waals surface area contributed by atoms with Gasteiger partial charge in [-0.2, -0.15) is 0 Å². The number of carbonyl (C=O) groups excluding carboxylic acids is 2. The Hall–Kier alpha value is -2.24. The third-order valence-corrected chi connectivity index (χ3v) is 3.28. The number of hydrogen-bond acceptors (Lipinski definition) is 4. The van der Waals surface area contributed by atoms with Crippen LogP contribution >= 0.6 is 0 Å². The summed E-state index contributed by atoms with van der Waals surface area (Å²) in [5, 5.41) is 2.73. The van der Waals surface area contributed by atoms with E-state index in [1.54, 1.807) is 36.1 Å². The third kappa shape index (κ3) is 3.40. The molecule has 1 heterocycles. The molecule has 108 valence electrons. The molecular formula is C14H19N3O3. The van der Waals surface area contributed by atoms with Crippen LogP contribution in [0.2, 0.25) is 0 Å². The smallest absolute Gasteiger partial charge is 0.242 e. The van der Waals surface area contributed by atoms with E-state index in [9.17, 15) is 9.59 Å². The van der Waals surface area contributed by atoms with Crippen LogP contribution in [0, 0.1) is 0 Å². The molecule has 1 aliphatic rings. The number of carbonyl (C=O) groups is 2. The first-order valence-corrected chi connectivity index (χ1v) is 6.63.